The van der Waals surface area contributed by atoms with Crippen LogP contribution in [0.15, 0.2) is 42.7 Å². The first-order valence-corrected chi connectivity index (χ1v) is 8.52. The van der Waals surface area contributed by atoms with E-state index in [-0.39, 0.29) is 5.91 Å². The Kier molecular flexibility index (Phi) is 5.40. The Morgan fingerprint density at radius 2 is 1.96 bits per heavy atom. The monoisotopic (exact) mass is 377 g/mol. The second-order valence-corrected chi connectivity index (χ2v) is 6.47. The van der Waals surface area contributed by atoms with E-state index in [1.165, 1.54) is 0 Å². The highest BCUT2D eigenvalue weighted by Gasteiger charge is 2.09. The van der Waals surface area contributed by atoms with Gasteiger partial charge in [-0.05, 0) is 24.6 Å². The molecule has 3 aromatic rings. The molecule has 0 spiro atoms. The molecule has 6 nitrogen and oxygen atoms in total. The standard InChI is InChI=1S/C17H17Cl2N5O/c1-12-15(19)10-20-24(12)9-7-17(25)21-16-6-8-23(22-16)11-13-2-4-14(18)5-3-13/h2-6,8,10H,7,9,11H2,1H3,(H,21,22,25). The second kappa shape index (κ2) is 7.72. The van der Waals surface area contributed by atoms with Crippen LogP contribution >= 0.6 is 23.2 Å². The lowest BCUT2D eigenvalue weighted by Crippen LogP contribution is -2.16. The Labute approximate surface area is 155 Å². The molecule has 0 aliphatic heterocycles. The summed E-state index contributed by atoms with van der Waals surface area (Å²) >= 11 is 11.8. The lowest BCUT2D eigenvalue weighted by Gasteiger charge is -2.05. The average molecular weight is 378 g/mol. The number of hydrogen-bond donors (Lipinski definition) is 1. The predicted octanol–water partition coefficient (Wildman–Crippen LogP) is 3.77. The fourth-order valence-corrected chi connectivity index (χ4v) is 2.62. The summed E-state index contributed by atoms with van der Waals surface area (Å²) in [7, 11) is 0. The van der Waals surface area contributed by atoms with E-state index in [4.69, 9.17) is 23.2 Å². The number of hydrogen-bond acceptors (Lipinski definition) is 3. The van der Waals surface area contributed by atoms with Crippen LogP contribution in [0, 0.1) is 6.92 Å². The van der Waals surface area contributed by atoms with Crippen LogP contribution < -0.4 is 5.32 Å². The Bertz CT molecular complexity index is 870. The van der Waals surface area contributed by atoms with E-state index >= 15 is 0 Å². The van der Waals surface area contributed by atoms with Crippen molar-refractivity contribution in [1.29, 1.82) is 0 Å². The summed E-state index contributed by atoms with van der Waals surface area (Å²) in [4.78, 5) is 12.1. The van der Waals surface area contributed by atoms with E-state index in [1.54, 1.807) is 21.6 Å². The fraction of sp³-hybridized carbons (Fsp3) is 0.235. The molecule has 0 bridgehead atoms. The smallest absolute Gasteiger partial charge is 0.227 e. The zero-order valence-electron chi connectivity index (χ0n) is 13.6. The molecule has 25 heavy (non-hydrogen) atoms. The number of nitrogens with one attached hydrogen (secondary N) is 1. The average Bonchev–Trinajstić information content (AvgIpc) is 3.15. The maximum Gasteiger partial charge on any atom is 0.227 e. The number of amides is 1. The predicted molar refractivity (Wildman–Crippen MR) is 98.0 cm³/mol. The van der Waals surface area contributed by atoms with Gasteiger partial charge in [0.1, 0.15) is 0 Å². The van der Waals surface area contributed by atoms with E-state index in [0.29, 0.717) is 35.4 Å². The number of halogens is 2. The number of aryl methyl sites for hydroxylation is 1. The number of benzene rings is 1. The van der Waals surface area contributed by atoms with Crippen molar-refractivity contribution >= 4 is 34.9 Å². The molecule has 1 aromatic carbocycles. The summed E-state index contributed by atoms with van der Waals surface area (Å²) in [5, 5.41) is 12.6. The SMILES string of the molecule is Cc1c(Cl)cnn1CCC(=O)Nc1ccn(Cc2ccc(Cl)cc2)n1. The summed E-state index contributed by atoms with van der Waals surface area (Å²) in [5.41, 5.74) is 1.93. The van der Waals surface area contributed by atoms with E-state index < -0.39 is 0 Å². The third-order valence-corrected chi connectivity index (χ3v) is 4.38. The van der Waals surface area contributed by atoms with Gasteiger partial charge in [-0.3, -0.25) is 14.2 Å². The Balaban J connectivity index is 1.53. The van der Waals surface area contributed by atoms with Gasteiger partial charge < -0.3 is 5.32 Å². The van der Waals surface area contributed by atoms with Gasteiger partial charge in [0.05, 0.1) is 30.0 Å². The van der Waals surface area contributed by atoms with E-state index in [1.807, 2.05) is 37.4 Å². The summed E-state index contributed by atoms with van der Waals surface area (Å²) in [6.07, 6.45) is 3.69. The highest BCUT2D eigenvalue weighted by molar-refractivity contribution is 6.31. The van der Waals surface area contributed by atoms with E-state index in [0.717, 1.165) is 11.3 Å². The normalized spacial score (nSPS) is 10.8. The quantitative estimate of drug-likeness (QED) is 0.710. The minimum Gasteiger partial charge on any atom is -0.309 e. The van der Waals surface area contributed by atoms with Crippen molar-refractivity contribution in [2.45, 2.75) is 26.4 Å². The van der Waals surface area contributed by atoms with Crippen LogP contribution in [-0.2, 0) is 17.9 Å². The molecule has 0 radical (unpaired) electrons. The van der Waals surface area contributed by atoms with Gasteiger partial charge in [-0.1, -0.05) is 35.3 Å². The van der Waals surface area contributed by atoms with E-state index in [2.05, 4.69) is 15.5 Å². The molecule has 2 heterocycles. The molecule has 8 heteroatoms. The molecule has 0 aliphatic rings. The first kappa shape index (κ1) is 17.5. The molecule has 130 valence electrons. The number of nitrogens with zero attached hydrogens (tertiary/aromatic N) is 4. The number of rotatable bonds is 6. The molecular weight excluding hydrogens is 361 g/mol. The first-order valence-electron chi connectivity index (χ1n) is 7.77. The van der Waals surface area contributed by atoms with Crippen molar-refractivity contribution in [3.63, 3.8) is 0 Å². The van der Waals surface area contributed by atoms with Gasteiger partial charge in [0.15, 0.2) is 5.82 Å². The van der Waals surface area contributed by atoms with Gasteiger partial charge in [0.2, 0.25) is 5.91 Å². The molecule has 1 N–H and O–H groups in total. The Morgan fingerprint density at radius 1 is 1.20 bits per heavy atom. The van der Waals surface area contributed by atoms with Crippen LogP contribution in [0.25, 0.3) is 0 Å². The van der Waals surface area contributed by atoms with Crippen LogP contribution in [0.5, 0.6) is 0 Å². The lowest BCUT2D eigenvalue weighted by molar-refractivity contribution is -0.116. The fourth-order valence-electron chi connectivity index (χ4n) is 2.36. The molecule has 0 fully saturated rings. The van der Waals surface area contributed by atoms with Crippen LogP contribution in [0.2, 0.25) is 10.0 Å². The van der Waals surface area contributed by atoms with Crippen molar-refractivity contribution in [3.8, 4) is 0 Å². The summed E-state index contributed by atoms with van der Waals surface area (Å²) in [6, 6.07) is 9.34. The van der Waals surface area contributed by atoms with Gasteiger partial charge in [0, 0.05) is 23.7 Å². The summed E-state index contributed by atoms with van der Waals surface area (Å²) in [6.45, 7) is 2.94. The summed E-state index contributed by atoms with van der Waals surface area (Å²) in [5.74, 6) is 0.400. The molecule has 0 atom stereocenters. The molecular formula is C17H17Cl2N5O. The van der Waals surface area contributed by atoms with Crippen molar-refractivity contribution < 1.29 is 4.79 Å². The molecule has 3 rings (SSSR count). The zero-order chi connectivity index (χ0) is 17.8. The van der Waals surface area contributed by atoms with Gasteiger partial charge in [-0.25, -0.2) is 0 Å². The molecule has 0 aliphatic carbocycles. The third kappa shape index (κ3) is 4.61. The molecule has 2 aromatic heterocycles. The third-order valence-electron chi connectivity index (χ3n) is 3.76. The molecule has 1 amide bonds. The van der Waals surface area contributed by atoms with E-state index in [9.17, 15) is 4.79 Å². The molecule has 0 saturated heterocycles. The largest absolute Gasteiger partial charge is 0.309 e. The highest BCUT2D eigenvalue weighted by atomic mass is 35.5. The second-order valence-electron chi connectivity index (χ2n) is 5.62. The van der Waals surface area contributed by atoms with Crippen LogP contribution in [0.1, 0.15) is 17.7 Å². The number of carbonyl (C=O) groups excluding carboxylic acids is 1. The van der Waals surface area contributed by atoms with Crippen molar-refractivity contribution in [2.24, 2.45) is 0 Å². The van der Waals surface area contributed by atoms with Crippen LogP contribution in [-0.4, -0.2) is 25.5 Å². The molecule has 0 unspecified atom stereocenters. The minimum atomic E-state index is -0.122. The van der Waals surface area contributed by atoms with Gasteiger partial charge in [-0.2, -0.15) is 10.2 Å². The number of anilines is 1. The van der Waals surface area contributed by atoms with Gasteiger partial charge in [-0.15, -0.1) is 0 Å². The van der Waals surface area contributed by atoms with Crippen molar-refractivity contribution in [2.75, 3.05) is 5.32 Å². The Morgan fingerprint density at radius 3 is 2.64 bits per heavy atom. The van der Waals surface area contributed by atoms with Crippen molar-refractivity contribution in [1.82, 2.24) is 19.6 Å². The topological polar surface area (TPSA) is 64.7 Å². The minimum absolute atomic E-state index is 0.122. The zero-order valence-corrected chi connectivity index (χ0v) is 15.1. The lowest BCUT2D eigenvalue weighted by atomic mass is 10.2. The first-order chi connectivity index (χ1) is 12.0. The molecule has 0 saturated carbocycles. The van der Waals surface area contributed by atoms with Crippen LogP contribution in [0.3, 0.4) is 0 Å². The number of carbonyl (C=O) groups is 1. The van der Waals surface area contributed by atoms with Crippen LogP contribution in [0.4, 0.5) is 5.82 Å². The maximum absolute atomic E-state index is 12.1. The van der Waals surface area contributed by atoms with Gasteiger partial charge in [0.25, 0.3) is 0 Å². The van der Waals surface area contributed by atoms with Gasteiger partial charge >= 0.3 is 0 Å². The maximum atomic E-state index is 12.1. The Hall–Kier alpha value is -2.31. The number of aromatic nitrogens is 4. The highest BCUT2D eigenvalue weighted by Crippen LogP contribution is 2.14. The summed E-state index contributed by atoms with van der Waals surface area (Å²) < 4.78 is 3.47. The van der Waals surface area contributed by atoms with Crippen molar-refractivity contribution in [3.05, 3.63) is 64.0 Å².